The molecule has 0 atom stereocenters. The molecule has 7 nitrogen and oxygen atoms in total. The van der Waals surface area contributed by atoms with Gasteiger partial charge in [-0.2, -0.15) is 0 Å². The Morgan fingerprint density at radius 2 is 1.75 bits per heavy atom. The monoisotopic (exact) mass is 431 g/mol. The highest BCUT2D eigenvalue weighted by atomic mass is 16.4. The molecule has 1 amide bonds. The first-order valence-corrected chi connectivity index (χ1v) is 11.4. The zero-order chi connectivity index (χ0) is 21.8. The number of anilines is 3. The Morgan fingerprint density at radius 1 is 0.969 bits per heavy atom. The average Bonchev–Trinajstić information content (AvgIpc) is 3.36. The zero-order valence-electron chi connectivity index (χ0n) is 18.2. The highest BCUT2D eigenvalue weighted by Crippen LogP contribution is 2.31. The van der Waals surface area contributed by atoms with Gasteiger partial charge in [-0.25, -0.2) is 0 Å². The molecule has 2 aliphatic rings. The number of furan rings is 1. The smallest absolute Gasteiger partial charge is 0.291 e. The molecule has 2 N–H and O–H groups in total. The fourth-order valence-electron chi connectivity index (χ4n) is 4.63. The van der Waals surface area contributed by atoms with Crippen LogP contribution in [0.1, 0.15) is 34.9 Å². The maximum atomic E-state index is 12.9. The van der Waals surface area contributed by atoms with Crippen molar-refractivity contribution in [3.8, 4) is 0 Å². The maximum absolute atomic E-state index is 12.9. The Hall–Kier alpha value is -3.32. The van der Waals surface area contributed by atoms with Crippen LogP contribution in [0.2, 0.25) is 0 Å². The van der Waals surface area contributed by atoms with Gasteiger partial charge >= 0.3 is 0 Å². The second-order valence-electron chi connectivity index (χ2n) is 8.39. The quantitative estimate of drug-likeness (QED) is 0.642. The summed E-state index contributed by atoms with van der Waals surface area (Å²) in [7, 11) is 0. The lowest BCUT2D eigenvalue weighted by molar-refractivity contribution is 0.0997. The summed E-state index contributed by atoms with van der Waals surface area (Å²) in [5.74, 6) is 1.41. The largest absolute Gasteiger partial charge is 0.435 e. The Bertz CT molecular complexity index is 1040. The lowest BCUT2D eigenvalue weighted by Crippen LogP contribution is -2.43. The van der Waals surface area contributed by atoms with E-state index >= 15 is 0 Å². The zero-order valence-corrected chi connectivity index (χ0v) is 18.2. The first kappa shape index (κ1) is 20.6. The van der Waals surface area contributed by atoms with Gasteiger partial charge in [0.1, 0.15) is 0 Å². The summed E-state index contributed by atoms with van der Waals surface area (Å²) in [6, 6.07) is 16.3. The van der Waals surface area contributed by atoms with Gasteiger partial charge in [0, 0.05) is 51.5 Å². The topological polar surface area (TPSA) is 73.6 Å². The molecule has 3 aromatic rings. The van der Waals surface area contributed by atoms with Crippen molar-refractivity contribution in [2.24, 2.45) is 0 Å². The number of hydrogen-bond acceptors (Lipinski definition) is 6. The van der Waals surface area contributed by atoms with Crippen molar-refractivity contribution in [1.82, 2.24) is 10.3 Å². The number of nitrogens with zero attached hydrogens (tertiary/aromatic N) is 3. The number of carbonyl (C=O) groups excluding carboxylic acids is 1. The molecule has 0 saturated carbocycles. The maximum Gasteiger partial charge on any atom is 0.291 e. The summed E-state index contributed by atoms with van der Waals surface area (Å²) in [4.78, 5) is 21.6. The van der Waals surface area contributed by atoms with E-state index in [4.69, 9.17) is 4.42 Å². The second kappa shape index (κ2) is 9.44. The molecule has 0 bridgehead atoms. The van der Waals surface area contributed by atoms with Gasteiger partial charge in [0.15, 0.2) is 11.6 Å². The number of piperidine rings is 1. The number of aromatic nitrogens is 1. The van der Waals surface area contributed by atoms with Crippen molar-refractivity contribution in [3.05, 3.63) is 72.2 Å². The molecule has 166 valence electrons. The molecule has 5 rings (SSSR count). The number of pyridine rings is 1. The number of piperazine rings is 1. The Kier molecular flexibility index (Phi) is 6.07. The van der Waals surface area contributed by atoms with Gasteiger partial charge in [-0.3, -0.25) is 9.78 Å². The molecule has 0 unspecified atom stereocenters. The third-order valence-electron chi connectivity index (χ3n) is 6.40. The van der Waals surface area contributed by atoms with Crippen LogP contribution in [0.4, 0.5) is 17.3 Å². The predicted octanol–water partition coefficient (Wildman–Crippen LogP) is 3.72. The number of amides is 1. The Morgan fingerprint density at radius 3 is 2.53 bits per heavy atom. The molecule has 2 fully saturated rings. The number of carbonyl (C=O) groups is 1. The highest BCUT2D eigenvalue weighted by Gasteiger charge is 2.24. The Labute approximate surface area is 188 Å². The normalized spacial score (nSPS) is 17.4. The summed E-state index contributed by atoms with van der Waals surface area (Å²) in [5.41, 5.74) is 3.11. The summed E-state index contributed by atoms with van der Waals surface area (Å²) in [5, 5.41) is 6.35. The molecule has 1 aromatic carbocycles. The van der Waals surface area contributed by atoms with E-state index < -0.39 is 0 Å². The number of nitrogens with one attached hydrogen (secondary N) is 2. The number of benzene rings is 1. The van der Waals surface area contributed by atoms with Crippen LogP contribution >= 0.6 is 0 Å². The highest BCUT2D eigenvalue weighted by molar-refractivity contribution is 6.04. The SMILES string of the molecule is O=C(Nc1cnccc1N1CCNCC1)c1ccc(N2CCC(c3ccccc3)CC2)o1. The third-order valence-corrected chi connectivity index (χ3v) is 6.40. The van der Waals surface area contributed by atoms with Crippen LogP contribution in [0.15, 0.2) is 65.3 Å². The van der Waals surface area contributed by atoms with Crippen molar-refractivity contribution in [2.45, 2.75) is 18.8 Å². The standard InChI is InChI=1S/C25H29N5O2/c31-25(28-21-18-27-11-8-22(21)29-16-12-26-13-17-29)23-6-7-24(32-23)30-14-9-20(10-15-30)19-4-2-1-3-5-19/h1-8,11,18,20,26H,9-10,12-17H2,(H,28,31). The first-order chi connectivity index (χ1) is 15.8. The number of hydrogen-bond donors (Lipinski definition) is 2. The van der Waals surface area contributed by atoms with E-state index in [1.54, 1.807) is 18.5 Å². The Balaban J connectivity index is 1.22. The average molecular weight is 432 g/mol. The summed E-state index contributed by atoms with van der Waals surface area (Å²) in [6.45, 7) is 5.50. The fraction of sp³-hybridized carbons (Fsp3) is 0.360. The van der Waals surface area contributed by atoms with Crippen LogP contribution in [-0.2, 0) is 0 Å². The molecule has 0 radical (unpaired) electrons. The molecule has 0 spiro atoms. The van der Waals surface area contributed by atoms with E-state index in [1.807, 2.05) is 12.1 Å². The molecule has 7 heteroatoms. The second-order valence-corrected chi connectivity index (χ2v) is 8.39. The molecular weight excluding hydrogens is 402 g/mol. The minimum atomic E-state index is -0.250. The first-order valence-electron chi connectivity index (χ1n) is 11.4. The summed E-state index contributed by atoms with van der Waals surface area (Å²) >= 11 is 0. The van der Waals surface area contributed by atoms with Gasteiger partial charge in [-0.15, -0.1) is 0 Å². The van der Waals surface area contributed by atoms with E-state index in [0.29, 0.717) is 17.4 Å². The van der Waals surface area contributed by atoms with Crippen LogP contribution < -0.4 is 20.4 Å². The van der Waals surface area contributed by atoms with Crippen LogP contribution in [0.3, 0.4) is 0 Å². The molecule has 4 heterocycles. The molecule has 0 aliphatic carbocycles. The summed E-state index contributed by atoms with van der Waals surface area (Å²) in [6.07, 6.45) is 5.62. The van der Waals surface area contributed by atoms with Gasteiger partial charge in [-0.1, -0.05) is 30.3 Å². The van der Waals surface area contributed by atoms with Crippen LogP contribution in [-0.4, -0.2) is 50.2 Å². The third kappa shape index (κ3) is 4.48. The van der Waals surface area contributed by atoms with Crippen molar-refractivity contribution in [1.29, 1.82) is 0 Å². The lowest BCUT2D eigenvalue weighted by atomic mass is 9.89. The molecule has 2 saturated heterocycles. The van der Waals surface area contributed by atoms with Gasteiger partial charge < -0.3 is 24.9 Å². The molecule has 2 aliphatic heterocycles. The fourth-order valence-corrected chi connectivity index (χ4v) is 4.63. The van der Waals surface area contributed by atoms with Crippen molar-refractivity contribution < 1.29 is 9.21 Å². The minimum Gasteiger partial charge on any atom is -0.435 e. The van der Waals surface area contributed by atoms with Crippen LogP contribution in [0.25, 0.3) is 0 Å². The van der Waals surface area contributed by atoms with Gasteiger partial charge in [0.25, 0.3) is 5.91 Å². The van der Waals surface area contributed by atoms with Gasteiger partial charge in [0.05, 0.1) is 17.6 Å². The summed E-state index contributed by atoms with van der Waals surface area (Å²) < 4.78 is 5.95. The molecular formula is C25H29N5O2. The molecule has 2 aromatic heterocycles. The van der Waals surface area contributed by atoms with Crippen molar-refractivity contribution in [2.75, 3.05) is 54.4 Å². The van der Waals surface area contributed by atoms with E-state index in [1.165, 1.54) is 5.56 Å². The molecule has 32 heavy (non-hydrogen) atoms. The van der Waals surface area contributed by atoms with Crippen molar-refractivity contribution >= 4 is 23.2 Å². The van der Waals surface area contributed by atoms with Crippen LogP contribution in [0.5, 0.6) is 0 Å². The predicted molar refractivity (Wildman–Crippen MR) is 127 cm³/mol. The van der Waals surface area contributed by atoms with Crippen LogP contribution in [0, 0.1) is 0 Å². The van der Waals surface area contributed by atoms with Gasteiger partial charge in [-0.05, 0) is 36.5 Å². The van der Waals surface area contributed by atoms with E-state index in [0.717, 1.165) is 63.7 Å². The lowest BCUT2D eigenvalue weighted by Gasteiger charge is -2.32. The van der Waals surface area contributed by atoms with Crippen molar-refractivity contribution in [3.63, 3.8) is 0 Å². The van der Waals surface area contributed by atoms with E-state index in [-0.39, 0.29) is 5.91 Å². The van der Waals surface area contributed by atoms with E-state index in [9.17, 15) is 4.79 Å². The van der Waals surface area contributed by atoms with E-state index in [2.05, 4.69) is 55.7 Å². The minimum absolute atomic E-state index is 0.250. The van der Waals surface area contributed by atoms with Gasteiger partial charge in [0.2, 0.25) is 0 Å². The number of rotatable bonds is 5.